The first-order valence-electron chi connectivity index (χ1n) is 6.71. The summed E-state index contributed by atoms with van der Waals surface area (Å²) in [7, 11) is 0. The number of rotatable bonds is 3. The summed E-state index contributed by atoms with van der Waals surface area (Å²) in [5, 5.41) is 24.9. The molecule has 0 radical (unpaired) electrons. The van der Waals surface area contributed by atoms with Crippen molar-refractivity contribution in [3.05, 3.63) is 51.9 Å². The first-order valence-corrected chi connectivity index (χ1v) is 7.08. The third-order valence-electron chi connectivity index (χ3n) is 3.56. The topological polar surface area (TPSA) is 87.2 Å². The van der Waals surface area contributed by atoms with Gasteiger partial charge in [-0.05, 0) is 54.1 Å². The summed E-state index contributed by atoms with van der Waals surface area (Å²) < 4.78 is 1.34. The van der Waals surface area contributed by atoms with Crippen molar-refractivity contribution in [2.45, 2.75) is 6.92 Å². The fraction of sp³-hybridized carbons (Fsp3) is 0.0625. The molecule has 0 spiro atoms. The van der Waals surface area contributed by atoms with Gasteiger partial charge in [0.05, 0.1) is 11.4 Å². The number of aromatic hydroxyl groups is 2. The van der Waals surface area contributed by atoms with Crippen LogP contribution in [0.15, 0.2) is 46.6 Å². The summed E-state index contributed by atoms with van der Waals surface area (Å²) in [6.45, 7) is 1.80. The minimum Gasteiger partial charge on any atom is -0.494 e. The molecule has 2 N–H and O–H groups in total. The number of aryl methyl sites for hydroxylation is 1. The molecule has 0 fully saturated rings. The van der Waals surface area contributed by atoms with E-state index in [9.17, 15) is 15.1 Å². The van der Waals surface area contributed by atoms with E-state index in [1.165, 1.54) is 4.57 Å². The van der Waals surface area contributed by atoms with Crippen molar-refractivity contribution in [3.63, 3.8) is 0 Å². The van der Waals surface area contributed by atoms with Crippen molar-refractivity contribution in [2.24, 2.45) is 10.2 Å². The Hall–Kier alpha value is -2.86. The zero-order valence-electron chi connectivity index (χ0n) is 12.1. The van der Waals surface area contributed by atoms with E-state index in [2.05, 4.69) is 10.2 Å². The second-order valence-corrected chi connectivity index (χ2v) is 5.43. The Bertz CT molecular complexity index is 947. The molecule has 0 saturated carbocycles. The predicted molar refractivity (Wildman–Crippen MR) is 90.3 cm³/mol. The molecule has 1 heterocycles. The normalized spacial score (nSPS) is 11.4. The fourth-order valence-electron chi connectivity index (χ4n) is 2.53. The highest BCUT2D eigenvalue weighted by Crippen LogP contribution is 2.40. The van der Waals surface area contributed by atoms with Gasteiger partial charge in [-0.3, -0.25) is 4.57 Å². The monoisotopic (exact) mass is 329 g/mol. The minimum atomic E-state index is -0.103. The summed E-state index contributed by atoms with van der Waals surface area (Å²) in [4.78, 5) is 14.0. The van der Waals surface area contributed by atoms with Crippen LogP contribution in [0.4, 0.5) is 5.69 Å². The molecule has 3 aromatic rings. The zero-order valence-corrected chi connectivity index (χ0v) is 12.8. The number of benzene rings is 2. The third kappa shape index (κ3) is 2.53. The maximum atomic E-state index is 10.4. The highest BCUT2D eigenvalue weighted by molar-refractivity contribution is 6.31. The van der Waals surface area contributed by atoms with Crippen LogP contribution in [-0.2, 0) is 0 Å². The summed E-state index contributed by atoms with van der Waals surface area (Å²) in [6.07, 6.45) is 0.912. The first-order chi connectivity index (χ1) is 11.0. The molecular weight excluding hydrogens is 318 g/mol. The van der Waals surface area contributed by atoms with E-state index in [0.29, 0.717) is 27.2 Å². The lowest BCUT2D eigenvalue weighted by Gasteiger charge is -2.10. The quantitative estimate of drug-likeness (QED) is 0.423. The van der Waals surface area contributed by atoms with E-state index < -0.39 is 0 Å². The highest BCUT2D eigenvalue weighted by atomic mass is 35.5. The number of aliphatic imine (C=N–C) groups is 1. The predicted octanol–water partition coefficient (Wildman–Crippen LogP) is 4.43. The number of hydrogen-bond acceptors (Lipinski definition) is 4. The van der Waals surface area contributed by atoms with Crippen molar-refractivity contribution in [1.29, 1.82) is 0 Å². The first kappa shape index (κ1) is 15.1. The third-order valence-corrected chi connectivity index (χ3v) is 3.80. The minimum absolute atomic E-state index is 0.0805. The number of aromatic nitrogens is 1. The lowest BCUT2D eigenvalue weighted by Crippen LogP contribution is -1.95. The highest BCUT2D eigenvalue weighted by Gasteiger charge is 2.18. The summed E-state index contributed by atoms with van der Waals surface area (Å²) in [6, 6.07) is 9.93. The number of halogens is 1. The van der Waals surface area contributed by atoms with Crippen LogP contribution in [0.2, 0.25) is 5.02 Å². The van der Waals surface area contributed by atoms with E-state index >= 15 is 0 Å². The van der Waals surface area contributed by atoms with Gasteiger partial charge in [0.2, 0.25) is 11.8 Å². The van der Waals surface area contributed by atoms with Crippen LogP contribution >= 0.6 is 11.6 Å². The van der Waals surface area contributed by atoms with Crippen LogP contribution in [0.1, 0.15) is 5.56 Å². The van der Waals surface area contributed by atoms with Gasteiger partial charge in [-0.1, -0.05) is 11.6 Å². The lowest BCUT2D eigenvalue weighted by atomic mass is 10.2. The van der Waals surface area contributed by atoms with Crippen LogP contribution in [0, 0.1) is 11.8 Å². The number of nitrogens with zero attached hydrogens (tertiary/aromatic N) is 3. The van der Waals surface area contributed by atoms with E-state index in [4.69, 9.17) is 11.6 Å². The van der Waals surface area contributed by atoms with E-state index in [1.54, 1.807) is 43.3 Å². The van der Waals surface area contributed by atoms with Gasteiger partial charge in [-0.25, -0.2) is 4.99 Å². The molecule has 0 amide bonds. The van der Waals surface area contributed by atoms with Crippen LogP contribution in [0.25, 0.3) is 16.5 Å². The second-order valence-electron chi connectivity index (χ2n) is 4.99. The van der Waals surface area contributed by atoms with Gasteiger partial charge in [0, 0.05) is 15.8 Å². The van der Waals surface area contributed by atoms with E-state index in [1.807, 2.05) is 0 Å². The van der Waals surface area contributed by atoms with Crippen molar-refractivity contribution in [3.8, 4) is 17.4 Å². The largest absolute Gasteiger partial charge is 0.494 e. The number of hydrogen-bond donors (Lipinski definition) is 2. The van der Waals surface area contributed by atoms with Gasteiger partial charge in [0.15, 0.2) is 6.34 Å². The molecular formula is C16H12ClN3O3. The van der Waals surface area contributed by atoms with Gasteiger partial charge < -0.3 is 10.2 Å². The molecule has 0 aliphatic carbocycles. The smallest absolute Gasteiger partial charge is 0.206 e. The van der Waals surface area contributed by atoms with Gasteiger partial charge in [0.25, 0.3) is 0 Å². The summed E-state index contributed by atoms with van der Waals surface area (Å²) >= 11 is 5.95. The molecule has 0 unspecified atom stereocenters. The number of fused-ring (bicyclic) bond motifs is 1. The molecule has 23 heavy (non-hydrogen) atoms. The van der Waals surface area contributed by atoms with Crippen molar-refractivity contribution < 1.29 is 10.2 Å². The molecule has 6 nitrogen and oxygen atoms in total. The Morgan fingerprint density at radius 3 is 2.52 bits per heavy atom. The molecule has 7 heteroatoms. The standard InChI is InChI=1S/C16H12ClN3O3/c1-9-6-11(18-8-19-23)3-5-14(9)20-15(21)12-4-2-10(17)7-13(12)16(20)22/h2-8,21-22H,1H3. The molecule has 3 rings (SSSR count). The average molecular weight is 330 g/mol. The maximum Gasteiger partial charge on any atom is 0.206 e. The van der Waals surface area contributed by atoms with E-state index in [0.717, 1.165) is 11.9 Å². The summed E-state index contributed by atoms with van der Waals surface area (Å²) in [5.74, 6) is -0.183. The molecule has 0 atom stereocenters. The molecule has 2 aromatic carbocycles. The van der Waals surface area contributed by atoms with Crippen molar-refractivity contribution >= 4 is 34.4 Å². The zero-order chi connectivity index (χ0) is 16.6. The fourth-order valence-corrected chi connectivity index (χ4v) is 2.70. The van der Waals surface area contributed by atoms with Crippen molar-refractivity contribution in [2.75, 3.05) is 0 Å². The second kappa shape index (κ2) is 5.73. The van der Waals surface area contributed by atoms with Crippen LogP contribution in [0.5, 0.6) is 11.8 Å². The molecule has 1 aromatic heterocycles. The van der Waals surface area contributed by atoms with Gasteiger partial charge >= 0.3 is 0 Å². The molecule has 0 bridgehead atoms. The van der Waals surface area contributed by atoms with Crippen molar-refractivity contribution in [1.82, 2.24) is 4.57 Å². The van der Waals surface area contributed by atoms with Crippen LogP contribution in [-0.4, -0.2) is 21.1 Å². The maximum absolute atomic E-state index is 10.4. The SMILES string of the molecule is Cc1cc(N=CN=O)ccc1-n1c(O)c2ccc(Cl)cc2c1O. The molecule has 0 aliphatic heterocycles. The molecule has 116 valence electrons. The van der Waals surface area contributed by atoms with E-state index in [-0.39, 0.29) is 11.8 Å². The Balaban J connectivity index is 2.21. The number of nitroso groups, excluding NO2 is 1. The van der Waals surface area contributed by atoms with Gasteiger partial charge in [-0.2, -0.15) is 0 Å². The average Bonchev–Trinajstić information content (AvgIpc) is 2.77. The van der Waals surface area contributed by atoms with Gasteiger partial charge in [0.1, 0.15) is 0 Å². The Labute approximate surface area is 136 Å². The molecule has 0 aliphatic rings. The Morgan fingerprint density at radius 1 is 1.09 bits per heavy atom. The molecule has 0 saturated heterocycles. The Kier molecular flexibility index (Phi) is 3.75. The van der Waals surface area contributed by atoms with Gasteiger partial charge in [-0.15, -0.1) is 4.91 Å². The Morgan fingerprint density at radius 2 is 1.83 bits per heavy atom. The lowest BCUT2D eigenvalue weighted by molar-refractivity contribution is 0.406. The van der Waals surface area contributed by atoms with Crippen LogP contribution < -0.4 is 0 Å². The summed E-state index contributed by atoms with van der Waals surface area (Å²) in [5.41, 5.74) is 1.89. The van der Waals surface area contributed by atoms with Crippen LogP contribution in [0.3, 0.4) is 0 Å².